The number of carbonyl (C=O) groups is 3. The van der Waals surface area contributed by atoms with Gasteiger partial charge in [0, 0.05) is 42.7 Å². The molecule has 0 spiro atoms. The molecule has 7 heteroatoms. The molecule has 0 radical (unpaired) electrons. The second-order valence-corrected chi connectivity index (χ2v) is 7.63. The number of carbonyl (C=O) groups excluding carboxylic acids is 3. The van der Waals surface area contributed by atoms with Crippen molar-refractivity contribution in [1.29, 1.82) is 0 Å². The first-order valence-corrected chi connectivity index (χ1v) is 9.79. The highest BCUT2D eigenvalue weighted by atomic mass is 35.5. The Morgan fingerprint density at radius 3 is 1.96 bits per heavy atom. The summed E-state index contributed by atoms with van der Waals surface area (Å²) in [5.74, 6) is -0.198. The summed E-state index contributed by atoms with van der Waals surface area (Å²) in [7, 11) is 1.40. The van der Waals surface area contributed by atoms with Crippen molar-refractivity contribution < 1.29 is 19.1 Å². The molecular weight excluding hydrogens is 368 g/mol. The quantitative estimate of drug-likeness (QED) is 0.741. The number of hydrogen-bond acceptors (Lipinski definition) is 4. The predicted octanol–water partition coefficient (Wildman–Crippen LogP) is 2.60. The molecule has 1 aromatic rings. The molecular formula is C20H25ClN2O4. The molecule has 1 aromatic carbocycles. The lowest BCUT2D eigenvalue weighted by Crippen LogP contribution is -2.47. The van der Waals surface area contributed by atoms with Gasteiger partial charge >= 0.3 is 5.97 Å². The number of likely N-dealkylation sites (tertiary alicyclic amines) is 2. The fraction of sp³-hybridized carbons (Fsp3) is 0.550. The van der Waals surface area contributed by atoms with Crippen LogP contribution in [0.3, 0.4) is 0 Å². The Bertz CT molecular complexity index is 690. The maximum atomic E-state index is 12.8. The minimum Gasteiger partial charge on any atom is -0.469 e. The van der Waals surface area contributed by atoms with E-state index in [-0.39, 0.29) is 29.6 Å². The van der Waals surface area contributed by atoms with Crippen LogP contribution in [0, 0.1) is 11.8 Å². The third kappa shape index (κ3) is 4.61. The molecule has 0 unspecified atom stereocenters. The minimum atomic E-state index is -0.184. The van der Waals surface area contributed by atoms with Crippen LogP contribution in [0.25, 0.3) is 0 Å². The highest BCUT2D eigenvalue weighted by Gasteiger charge is 2.33. The van der Waals surface area contributed by atoms with Crippen LogP contribution in [-0.4, -0.2) is 60.9 Å². The zero-order valence-electron chi connectivity index (χ0n) is 15.5. The third-order valence-corrected chi connectivity index (χ3v) is 5.82. The Kier molecular flexibility index (Phi) is 6.37. The van der Waals surface area contributed by atoms with Gasteiger partial charge in [0.25, 0.3) is 5.91 Å². The van der Waals surface area contributed by atoms with Crippen molar-refractivity contribution in [3.05, 3.63) is 34.9 Å². The van der Waals surface area contributed by atoms with Crippen molar-refractivity contribution >= 4 is 29.4 Å². The van der Waals surface area contributed by atoms with Gasteiger partial charge in [0.2, 0.25) is 5.91 Å². The molecule has 0 saturated carbocycles. The molecule has 0 atom stereocenters. The van der Waals surface area contributed by atoms with E-state index in [4.69, 9.17) is 16.3 Å². The third-order valence-electron chi connectivity index (χ3n) is 5.56. The fourth-order valence-corrected chi connectivity index (χ4v) is 3.99. The van der Waals surface area contributed by atoms with Crippen LogP contribution < -0.4 is 0 Å². The largest absolute Gasteiger partial charge is 0.469 e. The average Bonchev–Trinajstić information content (AvgIpc) is 2.73. The zero-order valence-corrected chi connectivity index (χ0v) is 16.3. The predicted molar refractivity (Wildman–Crippen MR) is 101 cm³/mol. The van der Waals surface area contributed by atoms with Gasteiger partial charge in [0.05, 0.1) is 13.0 Å². The van der Waals surface area contributed by atoms with Crippen molar-refractivity contribution in [2.45, 2.75) is 25.7 Å². The molecule has 0 aliphatic carbocycles. The van der Waals surface area contributed by atoms with Gasteiger partial charge in [-0.2, -0.15) is 0 Å². The summed E-state index contributed by atoms with van der Waals surface area (Å²) in [6, 6.07) is 6.88. The lowest BCUT2D eigenvalue weighted by molar-refractivity contribution is -0.149. The van der Waals surface area contributed by atoms with E-state index in [1.54, 1.807) is 29.2 Å². The highest BCUT2D eigenvalue weighted by Crippen LogP contribution is 2.25. The van der Waals surface area contributed by atoms with Gasteiger partial charge in [-0.1, -0.05) is 11.6 Å². The normalized spacial score (nSPS) is 19.0. The first-order valence-electron chi connectivity index (χ1n) is 9.41. The molecule has 2 amide bonds. The van der Waals surface area contributed by atoms with Crippen LogP contribution in [0.1, 0.15) is 36.0 Å². The van der Waals surface area contributed by atoms with Crippen LogP contribution in [-0.2, 0) is 14.3 Å². The molecule has 0 aromatic heterocycles. The van der Waals surface area contributed by atoms with E-state index in [1.807, 2.05) is 4.90 Å². The molecule has 2 heterocycles. The van der Waals surface area contributed by atoms with Crippen molar-refractivity contribution in [3.8, 4) is 0 Å². The van der Waals surface area contributed by atoms with Crippen LogP contribution in [0.5, 0.6) is 0 Å². The highest BCUT2D eigenvalue weighted by molar-refractivity contribution is 6.30. The SMILES string of the molecule is COC(=O)C1CCN(C(=O)C2CCN(C(=O)c3ccc(Cl)cc3)CC2)CC1. The van der Waals surface area contributed by atoms with E-state index < -0.39 is 0 Å². The van der Waals surface area contributed by atoms with Crippen LogP contribution in [0.4, 0.5) is 0 Å². The number of hydrogen-bond donors (Lipinski definition) is 0. The molecule has 0 N–H and O–H groups in total. The van der Waals surface area contributed by atoms with Gasteiger partial charge in [-0.05, 0) is 49.9 Å². The van der Waals surface area contributed by atoms with Gasteiger partial charge in [-0.15, -0.1) is 0 Å². The fourth-order valence-electron chi connectivity index (χ4n) is 3.87. The van der Waals surface area contributed by atoms with Gasteiger partial charge in [0.1, 0.15) is 0 Å². The van der Waals surface area contributed by atoms with Gasteiger partial charge in [-0.25, -0.2) is 0 Å². The van der Waals surface area contributed by atoms with Crippen molar-refractivity contribution in [2.75, 3.05) is 33.3 Å². The number of nitrogens with zero attached hydrogens (tertiary/aromatic N) is 2. The van der Waals surface area contributed by atoms with E-state index in [2.05, 4.69) is 0 Å². The summed E-state index contributed by atoms with van der Waals surface area (Å²) < 4.78 is 4.79. The van der Waals surface area contributed by atoms with Gasteiger partial charge < -0.3 is 14.5 Å². The number of amides is 2. The van der Waals surface area contributed by atoms with Gasteiger partial charge in [-0.3, -0.25) is 14.4 Å². The Hall–Kier alpha value is -2.08. The number of piperidine rings is 2. The minimum absolute atomic E-state index is 0.0172. The van der Waals surface area contributed by atoms with Crippen LogP contribution >= 0.6 is 11.6 Å². The maximum absolute atomic E-state index is 12.8. The lowest BCUT2D eigenvalue weighted by Gasteiger charge is -2.36. The number of benzene rings is 1. The first kappa shape index (κ1) is 19.7. The molecule has 2 aliphatic rings. The average molecular weight is 393 g/mol. The Morgan fingerprint density at radius 1 is 0.889 bits per heavy atom. The zero-order chi connectivity index (χ0) is 19.4. The smallest absolute Gasteiger partial charge is 0.308 e. The second kappa shape index (κ2) is 8.74. The Balaban J connectivity index is 1.49. The van der Waals surface area contributed by atoms with E-state index in [0.717, 1.165) is 0 Å². The summed E-state index contributed by atoms with van der Waals surface area (Å²) in [6.45, 7) is 2.36. The summed E-state index contributed by atoms with van der Waals surface area (Å²) in [5.41, 5.74) is 0.619. The molecule has 0 bridgehead atoms. The number of methoxy groups -OCH3 is 1. The molecule has 2 fully saturated rings. The molecule has 6 nitrogen and oxygen atoms in total. The maximum Gasteiger partial charge on any atom is 0.308 e. The van der Waals surface area contributed by atoms with Gasteiger partial charge in [0.15, 0.2) is 0 Å². The summed E-state index contributed by atoms with van der Waals surface area (Å²) in [6.07, 6.45) is 2.67. The van der Waals surface area contributed by atoms with E-state index in [9.17, 15) is 14.4 Å². The van der Waals surface area contributed by atoms with Crippen molar-refractivity contribution in [1.82, 2.24) is 9.80 Å². The van der Waals surface area contributed by atoms with Crippen molar-refractivity contribution in [3.63, 3.8) is 0 Å². The van der Waals surface area contributed by atoms with Crippen LogP contribution in [0.2, 0.25) is 5.02 Å². The van der Waals surface area contributed by atoms with E-state index in [1.165, 1.54) is 7.11 Å². The number of rotatable bonds is 3. The number of halogens is 1. The summed E-state index contributed by atoms with van der Waals surface area (Å²) >= 11 is 5.87. The van der Waals surface area contributed by atoms with Crippen molar-refractivity contribution in [2.24, 2.45) is 11.8 Å². The van der Waals surface area contributed by atoms with Crippen LogP contribution in [0.15, 0.2) is 24.3 Å². The summed E-state index contributed by atoms with van der Waals surface area (Å²) in [5, 5.41) is 0.604. The lowest BCUT2D eigenvalue weighted by atomic mass is 9.92. The topological polar surface area (TPSA) is 66.9 Å². The second-order valence-electron chi connectivity index (χ2n) is 7.20. The number of esters is 1. The summed E-state index contributed by atoms with van der Waals surface area (Å²) in [4.78, 5) is 40.6. The molecule has 2 saturated heterocycles. The van der Waals surface area contributed by atoms with E-state index >= 15 is 0 Å². The molecule has 146 valence electrons. The Morgan fingerprint density at radius 2 is 1.41 bits per heavy atom. The molecule has 27 heavy (non-hydrogen) atoms. The molecule has 3 rings (SSSR count). The Labute approximate surface area is 164 Å². The van der Waals surface area contributed by atoms with E-state index in [0.29, 0.717) is 62.4 Å². The standard InChI is InChI=1S/C20H25ClN2O4/c1-27-20(26)16-8-12-23(13-9-16)19(25)15-6-10-22(11-7-15)18(24)14-2-4-17(21)5-3-14/h2-5,15-16H,6-13H2,1H3. The monoisotopic (exact) mass is 392 g/mol. The first-order chi connectivity index (χ1) is 13.0. The number of ether oxygens (including phenoxy) is 1. The molecule has 2 aliphatic heterocycles.